The van der Waals surface area contributed by atoms with Gasteiger partial charge in [0.1, 0.15) is 0 Å². The summed E-state index contributed by atoms with van der Waals surface area (Å²) in [5.41, 5.74) is 6.42. The fourth-order valence-electron chi connectivity index (χ4n) is 1.83. The monoisotopic (exact) mass is 195 g/mol. The van der Waals surface area contributed by atoms with Gasteiger partial charge < -0.3 is 15.2 Å². The lowest BCUT2D eigenvalue weighted by Crippen LogP contribution is -2.28. The Kier molecular flexibility index (Phi) is 3.03. The number of piperidine rings is 1. The van der Waals surface area contributed by atoms with Gasteiger partial charge in [-0.05, 0) is 25.8 Å². The third-order valence-corrected chi connectivity index (χ3v) is 2.61. The summed E-state index contributed by atoms with van der Waals surface area (Å²) in [7, 11) is 0. The van der Waals surface area contributed by atoms with Crippen molar-refractivity contribution < 1.29 is 4.52 Å². The van der Waals surface area contributed by atoms with E-state index in [1.807, 2.05) is 6.07 Å². The standard InChI is InChI=1S/C10H17N3O/c11-5-4-9-8-10(14-12-9)13-6-2-1-3-7-13/h8H,1-7,11H2. The minimum absolute atomic E-state index is 0.631. The molecule has 0 saturated carbocycles. The maximum absolute atomic E-state index is 5.45. The largest absolute Gasteiger partial charge is 0.341 e. The Morgan fingerprint density at radius 3 is 2.86 bits per heavy atom. The highest BCUT2D eigenvalue weighted by atomic mass is 16.5. The van der Waals surface area contributed by atoms with Crippen molar-refractivity contribution in [3.63, 3.8) is 0 Å². The molecule has 2 heterocycles. The Hall–Kier alpha value is -1.03. The Balaban J connectivity index is 2.00. The topological polar surface area (TPSA) is 55.3 Å². The van der Waals surface area contributed by atoms with Crippen LogP contribution in [0.1, 0.15) is 25.0 Å². The van der Waals surface area contributed by atoms with E-state index in [1.54, 1.807) is 0 Å². The Morgan fingerprint density at radius 1 is 1.36 bits per heavy atom. The van der Waals surface area contributed by atoms with Gasteiger partial charge in [-0.15, -0.1) is 0 Å². The molecule has 0 amide bonds. The summed E-state index contributed by atoms with van der Waals surface area (Å²) in [5, 5.41) is 3.98. The van der Waals surface area contributed by atoms with Crippen LogP contribution < -0.4 is 10.6 Å². The van der Waals surface area contributed by atoms with Crippen LogP contribution in [0.3, 0.4) is 0 Å². The van der Waals surface area contributed by atoms with Crippen LogP contribution in [0, 0.1) is 0 Å². The van der Waals surface area contributed by atoms with Crippen molar-refractivity contribution >= 4 is 5.88 Å². The van der Waals surface area contributed by atoms with E-state index in [0.29, 0.717) is 6.54 Å². The van der Waals surface area contributed by atoms with Crippen LogP contribution in [0.5, 0.6) is 0 Å². The second kappa shape index (κ2) is 4.46. The molecule has 0 spiro atoms. The van der Waals surface area contributed by atoms with E-state index in [4.69, 9.17) is 10.3 Å². The minimum Gasteiger partial charge on any atom is -0.341 e. The highest BCUT2D eigenvalue weighted by Crippen LogP contribution is 2.20. The fraction of sp³-hybridized carbons (Fsp3) is 0.700. The number of hydrogen-bond acceptors (Lipinski definition) is 4. The molecule has 2 N–H and O–H groups in total. The van der Waals surface area contributed by atoms with Crippen LogP contribution in [0.15, 0.2) is 10.6 Å². The number of hydrogen-bond donors (Lipinski definition) is 1. The highest BCUT2D eigenvalue weighted by molar-refractivity contribution is 5.36. The molecule has 0 atom stereocenters. The number of anilines is 1. The van der Waals surface area contributed by atoms with Crippen LogP contribution in [-0.2, 0) is 6.42 Å². The van der Waals surface area contributed by atoms with Crippen molar-refractivity contribution in [2.45, 2.75) is 25.7 Å². The summed E-state index contributed by atoms with van der Waals surface area (Å²) in [6.45, 7) is 2.82. The van der Waals surface area contributed by atoms with Gasteiger partial charge in [0.2, 0.25) is 5.88 Å². The first-order valence-electron chi connectivity index (χ1n) is 5.31. The lowest BCUT2D eigenvalue weighted by molar-refractivity contribution is 0.399. The number of aromatic nitrogens is 1. The molecule has 1 saturated heterocycles. The molecule has 0 bridgehead atoms. The third-order valence-electron chi connectivity index (χ3n) is 2.61. The lowest BCUT2D eigenvalue weighted by atomic mass is 10.1. The van der Waals surface area contributed by atoms with E-state index in [0.717, 1.165) is 31.1 Å². The Morgan fingerprint density at radius 2 is 2.14 bits per heavy atom. The van der Waals surface area contributed by atoms with Crippen molar-refractivity contribution in [1.29, 1.82) is 0 Å². The van der Waals surface area contributed by atoms with Gasteiger partial charge in [-0.25, -0.2) is 0 Å². The van der Waals surface area contributed by atoms with Crippen molar-refractivity contribution in [2.24, 2.45) is 5.73 Å². The summed E-state index contributed by atoms with van der Waals surface area (Å²) in [4.78, 5) is 2.26. The smallest absolute Gasteiger partial charge is 0.227 e. The molecule has 1 aromatic heterocycles. The van der Waals surface area contributed by atoms with Crippen molar-refractivity contribution in [3.05, 3.63) is 11.8 Å². The average molecular weight is 195 g/mol. The molecule has 1 fully saturated rings. The predicted molar refractivity (Wildman–Crippen MR) is 55.3 cm³/mol. The molecule has 0 aliphatic carbocycles. The van der Waals surface area contributed by atoms with Gasteiger partial charge in [0.05, 0.1) is 5.69 Å². The molecule has 4 heteroatoms. The third kappa shape index (κ3) is 2.07. The van der Waals surface area contributed by atoms with E-state index in [1.165, 1.54) is 19.3 Å². The zero-order valence-corrected chi connectivity index (χ0v) is 8.41. The van der Waals surface area contributed by atoms with Gasteiger partial charge in [-0.1, -0.05) is 5.16 Å². The highest BCUT2D eigenvalue weighted by Gasteiger charge is 2.14. The molecule has 1 aliphatic heterocycles. The van der Waals surface area contributed by atoms with Crippen molar-refractivity contribution in [1.82, 2.24) is 5.16 Å². The van der Waals surface area contributed by atoms with Gasteiger partial charge in [0.15, 0.2) is 0 Å². The molecule has 4 nitrogen and oxygen atoms in total. The summed E-state index contributed by atoms with van der Waals surface area (Å²) < 4.78 is 5.28. The maximum Gasteiger partial charge on any atom is 0.227 e. The first-order valence-corrected chi connectivity index (χ1v) is 5.31. The summed E-state index contributed by atoms with van der Waals surface area (Å²) in [5.74, 6) is 0.910. The zero-order valence-electron chi connectivity index (χ0n) is 8.41. The van der Waals surface area contributed by atoms with Crippen LogP contribution in [0.2, 0.25) is 0 Å². The van der Waals surface area contributed by atoms with Crippen molar-refractivity contribution in [3.8, 4) is 0 Å². The number of nitrogens with zero attached hydrogens (tertiary/aromatic N) is 2. The minimum atomic E-state index is 0.631. The van der Waals surface area contributed by atoms with Crippen LogP contribution in [0.4, 0.5) is 5.88 Å². The van der Waals surface area contributed by atoms with E-state index in [-0.39, 0.29) is 0 Å². The fourth-order valence-corrected chi connectivity index (χ4v) is 1.83. The molecular formula is C10H17N3O. The molecule has 1 aliphatic rings. The number of nitrogens with two attached hydrogens (primary N) is 1. The molecule has 78 valence electrons. The van der Waals surface area contributed by atoms with E-state index >= 15 is 0 Å². The summed E-state index contributed by atoms with van der Waals surface area (Å²) >= 11 is 0. The first kappa shape index (κ1) is 9.52. The van der Waals surface area contributed by atoms with Gasteiger partial charge >= 0.3 is 0 Å². The number of rotatable bonds is 3. The van der Waals surface area contributed by atoms with E-state index in [2.05, 4.69) is 10.1 Å². The van der Waals surface area contributed by atoms with Crippen molar-refractivity contribution in [2.75, 3.05) is 24.5 Å². The predicted octanol–water partition coefficient (Wildman–Crippen LogP) is 1.17. The molecule has 1 aromatic rings. The molecular weight excluding hydrogens is 178 g/mol. The zero-order chi connectivity index (χ0) is 9.80. The van der Waals surface area contributed by atoms with E-state index in [9.17, 15) is 0 Å². The molecule has 14 heavy (non-hydrogen) atoms. The van der Waals surface area contributed by atoms with Crippen LogP contribution >= 0.6 is 0 Å². The normalized spacial score (nSPS) is 17.4. The SMILES string of the molecule is NCCc1cc(N2CCCCC2)on1. The molecule has 0 unspecified atom stereocenters. The van der Waals surface area contributed by atoms with Crippen LogP contribution in [-0.4, -0.2) is 24.8 Å². The quantitative estimate of drug-likeness (QED) is 0.786. The van der Waals surface area contributed by atoms with Gasteiger partial charge in [-0.2, -0.15) is 0 Å². The Bertz CT molecular complexity index is 279. The lowest BCUT2D eigenvalue weighted by Gasteiger charge is -2.25. The van der Waals surface area contributed by atoms with Gasteiger partial charge in [0.25, 0.3) is 0 Å². The molecule has 0 aromatic carbocycles. The Labute approximate surface area is 84.0 Å². The molecule has 0 radical (unpaired) electrons. The van der Waals surface area contributed by atoms with Gasteiger partial charge in [0, 0.05) is 25.6 Å². The van der Waals surface area contributed by atoms with Gasteiger partial charge in [-0.3, -0.25) is 0 Å². The summed E-state index contributed by atoms with van der Waals surface area (Å²) in [6.07, 6.45) is 4.65. The summed E-state index contributed by atoms with van der Waals surface area (Å²) in [6, 6.07) is 2.01. The molecule has 2 rings (SSSR count). The average Bonchev–Trinajstić information content (AvgIpc) is 2.68. The maximum atomic E-state index is 5.45. The van der Waals surface area contributed by atoms with Crippen LogP contribution in [0.25, 0.3) is 0 Å². The second-order valence-electron chi connectivity index (χ2n) is 3.74. The second-order valence-corrected chi connectivity index (χ2v) is 3.74. The first-order chi connectivity index (χ1) is 6.90. The van der Waals surface area contributed by atoms with E-state index < -0.39 is 0 Å².